The Morgan fingerprint density at radius 2 is 1.98 bits per heavy atom. The van der Waals surface area contributed by atoms with Crippen molar-refractivity contribution < 1.29 is 23.5 Å². The second-order valence-electron chi connectivity index (χ2n) is 12.0. The second kappa shape index (κ2) is 9.91. The molecule has 7 rings (SSSR count). The highest BCUT2D eigenvalue weighted by Gasteiger charge is 2.75. The van der Waals surface area contributed by atoms with Crippen LogP contribution in [0.5, 0.6) is 5.75 Å². The first-order chi connectivity index (χ1) is 19.9. The zero-order chi connectivity index (χ0) is 28.2. The Kier molecular flexibility index (Phi) is 6.31. The van der Waals surface area contributed by atoms with Gasteiger partial charge in [-0.25, -0.2) is 0 Å². The fourth-order valence-electron chi connectivity index (χ4n) is 8.41. The van der Waals surface area contributed by atoms with Crippen LogP contribution in [0.2, 0.25) is 0 Å². The number of likely N-dealkylation sites (N-methyl/N-ethyl adjacent to an activating group) is 1. The molecule has 2 fully saturated rings. The average molecular weight is 553 g/mol. The molecule has 0 radical (unpaired) electrons. The van der Waals surface area contributed by atoms with Gasteiger partial charge in [-0.05, 0) is 68.0 Å². The number of carbonyl (C=O) groups excluding carboxylic acids is 2. The second-order valence-corrected chi connectivity index (χ2v) is 12.0. The van der Waals surface area contributed by atoms with Crippen molar-refractivity contribution in [2.24, 2.45) is 0 Å². The van der Waals surface area contributed by atoms with Gasteiger partial charge >= 0.3 is 5.97 Å². The van der Waals surface area contributed by atoms with Gasteiger partial charge in [0.1, 0.15) is 17.5 Å². The Labute approximate surface area is 240 Å². The summed E-state index contributed by atoms with van der Waals surface area (Å²) in [5, 5.41) is 0. The number of hydrogen-bond acceptors (Lipinski definition) is 6. The summed E-state index contributed by atoms with van der Waals surface area (Å²) in [5.74, 6) is 0.540. The lowest BCUT2D eigenvalue weighted by Crippen LogP contribution is -2.79. The van der Waals surface area contributed by atoms with E-state index in [1.165, 1.54) is 23.6 Å². The monoisotopic (exact) mass is 552 g/mol. The lowest BCUT2D eigenvalue weighted by Gasteiger charge is -2.65. The van der Waals surface area contributed by atoms with E-state index in [0.29, 0.717) is 12.8 Å². The van der Waals surface area contributed by atoms with Crippen molar-refractivity contribution >= 4 is 18.0 Å². The Balaban J connectivity index is 1.27. The minimum atomic E-state index is -0.717. The molecule has 4 aliphatic rings. The first-order valence-electron chi connectivity index (χ1n) is 14.7. The van der Waals surface area contributed by atoms with Crippen molar-refractivity contribution in [1.29, 1.82) is 0 Å². The average Bonchev–Trinajstić information content (AvgIpc) is 3.61. The van der Waals surface area contributed by atoms with Gasteiger partial charge in [0, 0.05) is 37.7 Å². The van der Waals surface area contributed by atoms with Crippen molar-refractivity contribution in [2.45, 2.75) is 68.2 Å². The lowest BCUT2D eigenvalue weighted by atomic mass is 9.48. The number of benzene rings is 2. The molecule has 3 heterocycles. The van der Waals surface area contributed by atoms with Crippen LogP contribution in [-0.4, -0.2) is 65.6 Å². The fourth-order valence-corrected chi connectivity index (χ4v) is 8.41. The predicted molar refractivity (Wildman–Crippen MR) is 154 cm³/mol. The van der Waals surface area contributed by atoms with Crippen molar-refractivity contribution in [3.8, 4) is 5.75 Å². The number of nitrogens with zero attached hydrogens (tertiary/aromatic N) is 2. The molecule has 5 atom stereocenters. The van der Waals surface area contributed by atoms with Crippen LogP contribution in [0.15, 0.2) is 77.6 Å². The SMILES string of the molecule is CC(=O)O[C@@]12CC[C@H](N(C)C(=O)/C=C/c3ccoc3)[C@@H]3Oc4cccc5c4[C@@]31CCN(CCc1ccccc1)[C@@H]2C5. The van der Waals surface area contributed by atoms with Crippen molar-refractivity contribution in [2.75, 3.05) is 20.1 Å². The fraction of sp³-hybridized carbons (Fsp3) is 0.412. The number of rotatable bonds is 7. The largest absolute Gasteiger partial charge is 0.487 e. The predicted octanol–water partition coefficient (Wildman–Crippen LogP) is 4.79. The standard InChI is InChI=1S/C34H36N2O5/c1-23(37)41-34-16-13-27(35(2)30(38)12-11-25-15-20-39-22-25)32-33(34)17-19-36(18-14-24-7-4-3-5-8-24)29(34)21-26-9-6-10-28(40-32)31(26)33/h3-12,15,20,22,27,29,32H,13-14,16-19,21H2,1-2H3/b12-11+/t27-,29+,32-,33-,34+/m0/s1. The molecule has 7 nitrogen and oxygen atoms in total. The van der Waals surface area contributed by atoms with Crippen LogP contribution in [0.3, 0.4) is 0 Å². The number of ether oxygens (including phenoxy) is 2. The number of furan rings is 1. The van der Waals surface area contributed by atoms with Gasteiger partial charge in [0.05, 0.1) is 30.0 Å². The summed E-state index contributed by atoms with van der Waals surface area (Å²) in [4.78, 5) is 30.7. The van der Waals surface area contributed by atoms with Crippen LogP contribution >= 0.6 is 0 Å². The molecule has 212 valence electrons. The van der Waals surface area contributed by atoms with Gasteiger partial charge in [-0.1, -0.05) is 42.5 Å². The highest BCUT2D eigenvalue weighted by Crippen LogP contribution is 2.65. The van der Waals surface area contributed by atoms with E-state index < -0.39 is 11.0 Å². The molecule has 1 amide bonds. The van der Waals surface area contributed by atoms with E-state index in [4.69, 9.17) is 13.9 Å². The molecule has 1 aromatic heterocycles. The highest BCUT2D eigenvalue weighted by atomic mass is 16.6. The van der Waals surface area contributed by atoms with Crippen LogP contribution < -0.4 is 4.74 Å². The van der Waals surface area contributed by atoms with E-state index in [9.17, 15) is 9.59 Å². The van der Waals surface area contributed by atoms with Crippen LogP contribution in [0.25, 0.3) is 6.08 Å². The maximum Gasteiger partial charge on any atom is 0.303 e. The summed E-state index contributed by atoms with van der Waals surface area (Å²) in [5.41, 5.74) is 3.40. The van der Waals surface area contributed by atoms with E-state index in [1.807, 2.05) is 30.1 Å². The zero-order valence-electron chi connectivity index (χ0n) is 23.6. The molecule has 41 heavy (non-hydrogen) atoms. The third kappa shape index (κ3) is 3.96. The zero-order valence-corrected chi connectivity index (χ0v) is 23.6. The minimum absolute atomic E-state index is 0.0405. The summed E-state index contributed by atoms with van der Waals surface area (Å²) in [6.07, 6.45) is 10.2. The summed E-state index contributed by atoms with van der Waals surface area (Å²) in [7, 11) is 1.87. The molecule has 0 N–H and O–H groups in total. The molecule has 1 saturated carbocycles. The molecule has 2 bridgehead atoms. The van der Waals surface area contributed by atoms with Crippen molar-refractivity contribution in [3.05, 3.63) is 95.5 Å². The van der Waals surface area contributed by atoms with Crippen LogP contribution in [-0.2, 0) is 32.6 Å². The number of likely N-dealkylation sites (tertiary alicyclic amines) is 1. The molecule has 3 aromatic rings. The maximum absolute atomic E-state index is 13.4. The summed E-state index contributed by atoms with van der Waals surface area (Å²) >= 11 is 0. The van der Waals surface area contributed by atoms with Gasteiger partial charge in [0.2, 0.25) is 5.91 Å². The molecule has 0 unspecified atom stereocenters. The Hall–Kier alpha value is -3.84. The Morgan fingerprint density at radius 1 is 1.12 bits per heavy atom. The summed E-state index contributed by atoms with van der Waals surface area (Å²) in [6, 6.07) is 18.6. The molecule has 2 aliphatic carbocycles. The van der Waals surface area contributed by atoms with E-state index in [0.717, 1.165) is 43.7 Å². The van der Waals surface area contributed by atoms with Crippen molar-refractivity contribution in [3.63, 3.8) is 0 Å². The van der Waals surface area contributed by atoms with E-state index in [2.05, 4.69) is 41.3 Å². The van der Waals surface area contributed by atoms with Crippen LogP contribution in [0, 0.1) is 0 Å². The Morgan fingerprint density at radius 3 is 2.76 bits per heavy atom. The van der Waals surface area contributed by atoms with E-state index >= 15 is 0 Å². The third-order valence-electron chi connectivity index (χ3n) is 10.1. The lowest BCUT2D eigenvalue weighted by molar-refractivity contribution is -0.223. The topological polar surface area (TPSA) is 72.2 Å². The number of hydrogen-bond donors (Lipinski definition) is 0. The number of piperidine rings is 1. The molecule has 1 saturated heterocycles. The first-order valence-corrected chi connectivity index (χ1v) is 14.7. The maximum atomic E-state index is 13.4. The van der Waals surface area contributed by atoms with Gasteiger partial charge in [0.15, 0.2) is 0 Å². The van der Waals surface area contributed by atoms with Gasteiger partial charge in [-0.15, -0.1) is 0 Å². The number of esters is 1. The molecular weight excluding hydrogens is 516 g/mol. The van der Waals surface area contributed by atoms with E-state index in [1.54, 1.807) is 24.7 Å². The molecule has 2 aliphatic heterocycles. The number of carbonyl (C=O) groups is 2. The van der Waals surface area contributed by atoms with Gasteiger partial charge < -0.3 is 18.8 Å². The first kappa shape index (κ1) is 26.1. The number of amides is 1. The van der Waals surface area contributed by atoms with Crippen LogP contribution in [0.1, 0.15) is 48.4 Å². The molecule has 7 heteroatoms. The minimum Gasteiger partial charge on any atom is -0.487 e. The highest BCUT2D eigenvalue weighted by molar-refractivity contribution is 5.92. The molecule has 2 aromatic carbocycles. The normalized spacial score (nSPS) is 29.6. The summed E-state index contributed by atoms with van der Waals surface area (Å²) in [6.45, 7) is 3.32. The molecule has 1 spiro atoms. The van der Waals surface area contributed by atoms with Gasteiger partial charge in [0.25, 0.3) is 0 Å². The van der Waals surface area contributed by atoms with E-state index in [-0.39, 0.29) is 30.1 Å². The molecular formula is C34H36N2O5. The van der Waals surface area contributed by atoms with Crippen molar-refractivity contribution in [1.82, 2.24) is 9.80 Å². The van der Waals surface area contributed by atoms with Gasteiger partial charge in [-0.3, -0.25) is 14.5 Å². The van der Waals surface area contributed by atoms with Gasteiger partial charge in [-0.2, -0.15) is 0 Å². The third-order valence-corrected chi connectivity index (χ3v) is 10.1. The van der Waals surface area contributed by atoms with Crippen LogP contribution in [0.4, 0.5) is 0 Å². The summed E-state index contributed by atoms with van der Waals surface area (Å²) < 4.78 is 18.6. The Bertz CT molecular complexity index is 1480. The quantitative estimate of drug-likeness (QED) is 0.310. The smallest absolute Gasteiger partial charge is 0.303 e.